The Morgan fingerprint density at radius 1 is 1.12 bits per heavy atom. The van der Waals surface area contributed by atoms with Crippen molar-refractivity contribution in [3.05, 3.63) is 58.9 Å². The first-order valence-electron chi connectivity index (χ1n) is 10.9. The Morgan fingerprint density at radius 2 is 1.91 bits per heavy atom. The molecule has 0 radical (unpaired) electrons. The summed E-state index contributed by atoms with van der Waals surface area (Å²) in [7, 11) is 0. The number of carbonyl (C=O) groups is 3. The minimum absolute atomic E-state index is 0.138. The summed E-state index contributed by atoms with van der Waals surface area (Å²) in [6, 6.07) is 11.2. The lowest BCUT2D eigenvalue weighted by Gasteiger charge is -2.37. The summed E-state index contributed by atoms with van der Waals surface area (Å²) >= 11 is 5.95. The fourth-order valence-corrected chi connectivity index (χ4v) is 6.71. The largest absolute Gasteiger partial charge is 0.310 e. The third-order valence-corrected chi connectivity index (χ3v) is 7.91. The molecular formula is C24H21ClFN3O3. The van der Waals surface area contributed by atoms with E-state index in [-0.39, 0.29) is 28.6 Å². The van der Waals surface area contributed by atoms with Crippen molar-refractivity contribution in [1.82, 2.24) is 4.90 Å². The molecule has 164 valence electrons. The van der Waals surface area contributed by atoms with Crippen LogP contribution < -0.4 is 9.80 Å². The molecule has 3 fully saturated rings. The summed E-state index contributed by atoms with van der Waals surface area (Å²) in [6.45, 7) is 3.06. The van der Waals surface area contributed by atoms with Gasteiger partial charge in [0.25, 0.3) is 5.91 Å². The van der Waals surface area contributed by atoms with Gasteiger partial charge in [0.15, 0.2) is 0 Å². The summed E-state index contributed by atoms with van der Waals surface area (Å²) in [5.41, 5.74) is 0.650. The maximum atomic E-state index is 14.0. The number of fused-ring (bicyclic) bond motifs is 7. The molecule has 4 atom stereocenters. The van der Waals surface area contributed by atoms with Gasteiger partial charge in [-0.25, -0.2) is 9.29 Å². The molecule has 4 aliphatic heterocycles. The van der Waals surface area contributed by atoms with Crippen molar-refractivity contribution in [2.45, 2.75) is 31.3 Å². The SMILES string of the molecule is CCN1C(=O)[C@]2(c3ccccc31)[C@@H]1C(=O)N(c3ccc(F)c(Cl)c3)C(=O)[C@H]1[C@H]1CCCN12. The summed E-state index contributed by atoms with van der Waals surface area (Å²) in [6.07, 6.45) is 1.61. The second-order valence-electron chi connectivity index (χ2n) is 8.85. The Labute approximate surface area is 189 Å². The number of hydrogen-bond acceptors (Lipinski definition) is 4. The molecule has 0 aromatic heterocycles. The predicted octanol–water partition coefficient (Wildman–Crippen LogP) is 3.32. The topological polar surface area (TPSA) is 60.9 Å². The van der Waals surface area contributed by atoms with Crippen LogP contribution in [0.25, 0.3) is 0 Å². The molecule has 3 amide bonds. The molecule has 4 aliphatic rings. The van der Waals surface area contributed by atoms with Crippen molar-refractivity contribution in [3.63, 3.8) is 0 Å². The normalized spacial score (nSPS) is 31.1. The first-order valence-corrected chi connectivity index (χ1v) is 11.3. The van der Waals surface area contributed by atoms with E-state index in [1.807, 2.05) is 31.2 Å². The number of carbonyl (C=O) groups excluding carboxylic acids is 3. The molecule has 4 heterocycles. The minimum Gasteiger partial charge on any atom is -0.310 e. The van der Waals surface area contributed by atoms with Gasteiger partial charge in [0.05, 0.1) is 22.5 Å². The van der Waals surface area contributed by atoms with E-state index in [1.54, 1.807) is 4.90 Å². The van der Waals surface area contributed by atoms with E-state index in [0.29, 0.717) is 13.1 Å². The summed E-state index contributed by atoms with van der Waals surface area (Å²) in [5, 5.41) is -0.156. The second kappa shape index (κ2) is 6.62. The number of para-hydroxylation sites is 1. The van der Waals surface area contributed by atoms with E-state index in [0.717, 1.165) is 35.1 Å². The van der Waals surface area contributed by atoms with Gasteiger partial charge in [-0.15, -0.1) is 0 Å². The lowest BCUT2D eigenvalue weighted by atomic mass is 9.75. The molecule has 0 bridgehead atoms. The van der Waals surface area contributed by atoms with Crippen LogP contribution in [0.15, 0.2) is 42.5 Å². The van der Waals surface area contributed by atoms with E-state index in [1.165, 1.54) is 12.1 Å². The minimum atomic E-state index is -1.19. The molecule has 0 aliphatic carbocycles. The maximum absolute atomic E-state index is 14.0. The van der Waals surface area contributed by atoms with Crippen molar-refractivity contribution in [2.24, 2.45) is 11.8 Å². The molecule has 2 aromatic carbocycles. The molecule has 32 heavy (non-hydrogen) atoms. The zero-order valence-electron chi connectivity index (χ0n) is 17.4. The van der Waals surface area contributed by atoms with Crippen LogP contribution >= 0.6 is 11.6 Å². The highest BCUT2D eigenvalue weighted by Crippen LogP contribution is 2.61. The van der Waals surface area contributed by atoms with Gasteiger partial charge < -0.3 is 4.90 Å². The van der Waals surface area contributed by atoms with Crippen LogP contribution in [0.1, 0.15) is 25.3 Å². The van der Waals surface area contributed by atoms with Crippen molar-refractivity contribution in [1.29, 1.82) is 0 Å². The molecule has 0 saturated carbocycles. The molecule has 1 spiro atoms. The first-order chi connectivity index (χ1) is 15.4. The average molecular weight is 454 g/mol. The van der Waals surface area contributed by atoms with Gasteiger partial charge in [-0.05, 0) is 50.6 Å². The van der Waals surface area contributed by atoms with E-state index in [2.05, 4.69) is 4.90 Å². The summed E-state index contributed by atoms with van der Waals surface area (Å²) in [5.74, 6) is -2.96. The monoisotopic (exact) mass is 453 g/mol. The average Bonchev–Trinajstić information content (AvgIpc) is 3.48. The first kappa shape index (κ1) is 19.9. The molecular weight excluding hydrogens is 433 g/mol. The van der Waals surface area contributed by atoms with Gasteiger partial charge in [-0.3, -0.25) is 19.3 Å². The Kier molecular flexibility index (Phi) is 4.11. The van der Waals surface area contributed by atoms with E-state index in [9.17, 15) is 18.8 Å². The number of amides is 3. The van der Waals surface area contributed by atoms with Gasteiger partial charge in [-0.2, -0.15) is 0 Å². The number of imide groups is 1. The summed E-state index contributed by atoms with van der Waals surface area (Å²) in [4.78, 5) is 46.6. The number of nitrogens with zero attached hydrogens (tertiary/aromatic N) is 3. The van der Waals surface area contributed by atoms with Crippen molar-refractivity contribution in [3.8, 4) is 0 Å². The van der Waals surface area contributed by atoms with Crippen molar-refractivity contribution >= 4 is 40.7 Å². The highest BCUT2D eigenvalue weighted by molar-refractivity contribution is 6.32. The Balaban J connectivity index is 1.56. The number of benzene rings is 2. The van der Waals surface area contributed by atoms with Gasteiger partial charge >= 0.3 is 0 Å². The molecule has 2 aromatic rings. The van der Waals surface area contributed by atoms with E-state index < -0.39 is 29.1 Å². The van der Waals surface area contributed by atoms with Gasteiger partial charge in [0, 0.05) is 23.8 Å². The predicted molar refractivity (Wildman–Crippen MR) is 117 cm³/mol. The van der Waals surface area contributed by atoms with Crippen LogP contribution in [-0.2, 0) is 19.9 Å². The molecule has 6 nitrogen and oxygen atoms in total. The fraction of sp³-hybridized carbons (Fsp3) is 0.375. The van der Waals surface area contributed by atoms with E-state index in [4.69, 9.17) is 11.6 Å². The van der Waals surface area contributed by atoms with Crippen molar-refractivity contribution in [2.75, 3.05) is 22.9 Å². The molecule has 8 heteroatoms. The highest BCUT2D eigenvalue weighted by atomic mass is 35.5. The number of rotatable bonds is 2. The highest BCUT2D eigenvalue weighted by Gasteiger charge is 2.75. The van der Waals surface area contributed by atoms with Crippen LogP contribution in [0.3, 0.4) is 0 Å². The lowest BCUT2D eigenvalue weighted by molar-refractivity contribution is -0.137. The van der Waals surface area contributed by atoms with Crippen molar-refractivity contribution < 1.29 is 18.8 Å². The number of likely N-dealkylation sites (N-methyl/N-ethyl adjacent to an activating group) is 1. The number of halogens is 2. The van der Waals surface area contributed by atoms with Crippen LogP contribution in [0, 0.1) is 17.7 Å². The molecule has 0 unspecified atom stereocenters. The molecule has 3 saturated heterocycles. The smallest absolute Gasteiger partial charge is 0.253 e. The maximum Gasteiger partial charge on any atom is 0.253 e. The van der Waals surface area contributed by atoms with Gasteiger partial charge in [0.2, 0.25) is 11.8 Å². The number of anilines is 2. The zero-order chi connectivity index (χ0) is 22.4. The quantitative estimate of drug-likeness (QED) is 0.654. The third kappa shape index (κ3) is 2.16. The van der Waals surface area contributed by atoms with Gasteiger partial charge in [0.1, 0.15) is 11.4 Å². The third-order valence-electron chi connectivity index (χ3n) is 7.62. The second-order valence-corrected chi connectivity index (χ2v) is 9.26. The van der Waals surface area contributed by atoms with Crippen LogP contribution in [-0.4, -0.2) is 41.8 Å². The lowest BCUT2D eigenvalue weighted by Crippen LogP contribution is -2.56. The standard InChI is InChI=1S/C24H21ClFN3O3/c1-2-27-17-7-4-3-6-14(17)24(23(27)32)20-19(18-8-5-11-28(18)24)21(30)29(22(20)31)13-9-10-16(26)15(25)12-13/h3-4,6-7,9-10,12,18-20H,2,5,8,11H2,1H3/t18-,19+,20+,24+/m1/s1. The number of hydrogen-bond donors (Lipinski definition) is 0. The van der Waals surface area contributed by atoms with Crippen LogP contribution in [0.2, 0.25) is 5.02 Å². The summed E-state index contributed by atoms with van der Waals surface area (Å²) < 4.78 is 13.7. The Bertz CT molecular complexity index is 1200. The zero-order valence-corrected chi connectivity index (χ0v) is 18.2. The molecule has 6 rings (SSSR count). The van der Waals surface area contributed by atoms with Gasteiger partial charge in [-0.1, -0.05) is 29.8 Å². The molecule has 0 N–H and O–H groups in total. The Morgan fingerprint density at radius 3 is 2.66 bits per heavy atom. The van der Waals surface area contributed by atoms with Crippen LogP contribution in [0.4, 0.5) is 15.8 Å². The Hall–Kier alpha value is -2.77. The fourth-order valence-electron chi connectivity index (χ4n) is 6.53. The van der Waals surface area contributed by atoms with E-state index >= 15 is 0 Å². The van der Waals surface area contributed by atoms with Crippen LogP contribution in [0.5, 0.6) is 0 Å².